The summed E-state index contributed by atoms with van der Waals surface area (Å²) in [5, 5.41) is 5.03. The molecule has 0 saturated carbocycles. The Hall–Kier alpha value is -1.66. The summed E-state index contributed by atoms with van der Waals surface area (Å²) < 4.78 is 1.85. The fraction of sp³-hybridized carbons (Fsp3) is 0. The first-order valence-corrected chi connectivity index (χ1v) is 9.15. The molecule has 0 saturated heterocycles. The average molecular weight is 379 g/mol. The van der Waals surface area contributed by atoms with Gasteiger partial charge in [-0.1, -0.05) is 29.3 Å². The Balaban J connectivity index is 2.00. The van der Waals surface area contributed by atoms with Gasteiger partial charge in [-0.25, -0.2) is 4.98 Å². The molecule has 0 amide bonds. The number of carbonyl (C=O) groups excluding carboxylic acids is 1. The Morgan fingerprint density at radius 2 is 2.04 bits per heavy atom. The normalized spacial score (nSPS) is 11.2. The summed E-state index contributed by atoms with van der Waals surface area (Å²) in [5.74, 6) is 0. The quantitative estimate of drug-likeness (QED) is 0.415. The molecule has 0 bridgehead atoms. The number of aromatic nitrogens is 2. The lowest BCUT2D eigenvalue weighted by atomic mass is 10.1. The van der Waals surface area contributed by atoms with Gasteiger partial charge in [-0.3, -0.25) is 9.20 Å². The van der Waals surface area contributed by atoms with E-state index < -0.39 is 0 Å². The molecule has 0 aliphatic carbocycles. The number of carbonyl (C=O) groups is 1. The fourth-order valence-corrected chi connectivity index (χ4v) is 4.59. The molecule has 7 heteroatoms. The molecule has 4 aromatic rings. The number of hydrogen-bond acceptors (Lipinski definition) is 4. The largest absolute Gasteiger partial charge is 0.296 e. The van der Waals surface area contributed by atoms with Gasteiger partial charge in [0.05, 0.1) is 15.6 Å². The molecule has 0 spiro atoms. The van der Waals surface area contributed by atoms with Crippen LogP contribution < -0.4 is 0 Å². The highest BCUT2D eigenvalue weighted by molar-refractivity contribution is 7.15. The summed E-state index contributed by atoms with van der Waals surface area (Å²) in [6.07, 6.45) is 0.842. The van der Waals surface area contributed by atoms with Crippen molar-refractivity contribution in [3.63, 3.8) is 0 Å². The van der Waals surface area contributed by atoms with Crippen molar-refractivity contribution in [2.75, 3.05) is 0 Å². The average Bonchev–Trinajstić information content (AvgIpc) is 3.23. The topological polar surface area (TPSA) is 34.4 Å². The van der Waals surface area contributed by atoms with Crippen LogP contribution in [0.4, 0.5) is 0 Å². The summed E-state index contributed by atoms with van der Waals surface area (Å²) in [6.45, 7) is 0. The number of hydrogen-bond donors (Lipinski definition) is 0. The minimum absolute atomic E-state index is 0.532. The predicted octanol–water partition coefficient (Wildman–Crippen LogP) is 5.91. The van der Waals surface area contributed by atoms with E-state index >= 15 is 0 Å². The van der Waals surface area contributed by atoms with Crippen molar-refractivity contribution in [1.29, 1.82) is 0 Å². The molecule has 3 nitrogen and oxygen atoms in total. The lowest BCUT2D eigenvalue weighted by Crippen LogP contribution is -1.94. The number of rotatable bonds is 3. The maximum Gasteiger partial charge on any atom is 0.195 e. The number of aldehydes is 1. The second kappa shape index (κ2) is 5.76. The van der Waals surface area contributed by atoms with Gasteiger partial charge in [-0.05, 0) is 29.6 Å². The van der Waals surface area contributed by atoms with E-state index in [1.165, 1.54) is 11.3 Å². The summed E-state index contributed by atoms with van der Waals surface area (Å²) in [4.78, 5) is 18.1. The number of fused-ring (bicyclic) bond motifs is 1. The van der Waals surface area contributed by atoms with Crippen LogP contribution in [0.25, 0.3) is 26.8 Å². The van der Waals surface area contributed by atoms with E-state index in [1.807, 2.05) is 33.4 Å². The maximum atomic E-state index is 11.7. The van der Waals surface area contributed by atoms with E-state index in [2.05, 4.69) is 4.98 Å². The molecule has 1 aromatic carbocycles. The van der Waals surface area contributed by atoms with Crippen molar-refractivity contribution in [2.45, 2.75) is 0 Å². The number of imidazole rings is 1. The molecule has 0 unspecified atom stereocenters. The van der Waals surface area contributed by atoms with E-state index in [9.17, 15) is 4.79 Å². The van der Waals surface area contributed by atoms with Gasteiger partial charge in [0.25, 0.3) is 0 Å². The monoisotopic (exact) mass is 378 g/mol. The lowest BCUT2D eigenvalue weighted by molar-refractivity contribution is 0.111. The van der Waals surface area contributed by atoms with Gasteiger partial charge < -0.3 is 0 Å². The Bertz CT molecular complexity index is 1020. The van der Waals surface area contributed by atoms with Crippen LogP contribution in [0.3, 0.4) is 0 Å². The lowest BCUT2D eigenvalue weighted by Gasteiger charge is -2.05. The van der Waals surface area contributed by atoms with Crippen molar-refractivity contribution in [3.05, 3.63) is 56.8 Å². The Morgan fingerprint density at radius 1 is 1.17 bits per heavy atom. The molecule has 0 fully saturated rings. The summed E-state index contributed by atoms with van der Waals surface area (Å²) in [5.41, 5.74) is 2.89. The number of thiophene rings is 1. The third kappa shape index (κ3) is 2.40. The predicted molar refractivity (Wildman–Crippen MR) is 97.2 cm³/mol. The van der Waals surface area contributed by atoms with Crippen molar-refractivity contribution in [1.82, 2.24) is 9.38 Å². The number of thiazole rings is 1. The highest BCUT2D eigenvalue weighted by Crippen LogP contribution is 2.36. The standard InChI is InChI=1S/C16H8Cl2N2OS2/c17-9-3-4-10(11(18)6-9)13-8-23-16-19-15(12(7-21)20(13)16)14-2-1-5-22-14/h1-8H. The van der Waals surface area contributed by atoms with Gasteiger partial charge in [0.15, 0.2) is 11.2 Å². The molecule has 0 radical (unpaired) electrons. The zero-order chi connectivity index (χ0) is 16.0. The van der Waals surface area contributed by atoms with E-state index in [1.54, 1.807) is 23.5 Å². The molecule has 0 aliphatic rings. The molecule has 3 aromatic heterocycles. The molecular formula is C16H8Cl2N2OS2. The molecule has 23 heavy (non-hydrogen) atoms. The van der Waals surface area contributed by atoms with Crippen LogP contribution in [0.2, 0.25) is 10.0 Å². The zero-order valence-electron chi connectivity index (χ0n) is 11.5. The van der Waals surface area contributed by atoms with Gasteiger partial charge in [0.2, 0.25) is 0 Å². The van der Waals surface area contributed by atoms with E-state index in [0.29, 0.717) is 21.4 Å². The SMILES string of the molecule is O=Cc1c(-c2cccs2)nc2scc(-c3ccc(Cl)cc3Cl)n12. The minimum Gasteiger partial charge on any atom is -0.296 e. The van der Waals surface area contributed by atoms with Crippen LogP contribution in [-0.4, -0.2) is 15.7 Å². The van der Waals surface area contributed by atoms with Crippen LogP contribution in [0, 0.1) is 0 Å². The van der Waals surface area contributed by atoms with Crippen LogP contribution in [0.15, 0.2) is 41.1 Å². The van der Waals surface area contributed by atoms with Crippen LogP contribution in [-0.2, 0) is 0 Å². The Morgan fingerprint density at radius 3 is 2.74 bits per heavy atom. The maximum absolute atomic E-state index is 11.7. The molecule has 4 rings (SSSR count). The first kappa shape index (κ1) is 14.9. The van der Waals surface area contributed by atoms with Gasteiger partial charge in [-0.2, -0.15) is 0 Å². The number of nitrogens with zero attached hydrogens (tertiary/aromatic N) is 2. The van der Waals surface area contributed by atoms with E-state index in [4.69, 9.17) is 23.2 Å². The van der Waals surface area contributed by atoms with Crippen molar-refractivity contribution < 1.29 is 4.79 Å². The third-order valence-corrected chi connectivity index (χ3v) is 5.72. The zero-order valence-corrected chi connectivity index (χ0v) is 14.6. The summed E-state index contributed by atoms with van der Waals surface area (Å²) >= 11 is 15.3. The second-order valence-corrected chi connectivity index (χ2v) is 7.43. The highest BCUT2D eigenvalue weighted by Gasteiger charge is 2.20. The van der Waals surface area contributed by atoms with Crippen LogP contribution >= 0.6 is 45.9 Å². The fourth-order valence-electron chi connectivity index (χ4n) is 2.47. The number of halogens is 2. The highest BCUT2D eigenvalue weighted by atomic mass is 35.5. The molecule has 114 valence electrons. The molecular weight excluding hydrogens is 371 g/mol. The smallest absolute Gasteiger partial charge is 0.195 e. The van der Waals surface area contributed by atoms with Gasteiger partial charge in [0, 0.05) is 16.0 Å². The second-order valence-electron chi connectivity index (χ2n) is 4.80. The Labute approximate surface area is 149 Å². The van der Waals surface area contributed by atoms with Crippen molar-refractivity contribution in [3.8, 4) is 21.8 Å². The van der Waals surface area contributed by atoms with E-state index in [-0.39, 0.29) is 0 Å². The summed E-state index contributed by atoms with van der Waals surface area (Å²) in [6, 6.07) is 9.23. The third-order valence-electron chi connectivity index (χ3n) is 3.47. The number of benzene rings is 1. The molecule has 0 aliphatic heterocycles. The Kier molecular flexibility index (Phi) is 3.73. The minimum atomic E-state index is 0.532. The van der Waals surface area contributed by atoms with Gasteiger partial charge in [0.1, 0.15) is 11.4 Å². The van der Waals surface area contributed by atoms with E-state index in [0.717, 1.165) is 27.4 Å². The first-order chi connectivity index (χ1) is 11.2. The first-order valence-electron chi connectivity index (χ1n) is 6.63. The van der Waals surface area contributed by atoms with Crippen molar-refractivity contribution >= 4 is 57.1 Å². The van der Waals surface area contributed by atoms with Crippen LogP contribution in [0.1, 0.15) is 10.5 Å². The van der Waals surface area contributed by atoms with Crippen molar-refractivity contribution in [2.24, 2.45) is 0 Å². The molecule has 3 heterocycles. The van der Waals surface area contributed by atoms with Gasteiger partial charge >= 0.3 is 0 Å². The summed E-state index contributed by atoms with van der Waals surface area (Å²) in [7, 11) is 0. The molecule has 0 N–H and O–H groups in total. The molecule has 0 atom stereocenters. The van der Waals surface area contributed by atoms with Gasteiger partial charge in [-0.15, -0.1) is 22.7 Å². The van der Waals surface area contributed by atoms with Crippen LogP contribution in [0.5, 0.6) is 0 Å².